The lowest BCUT2D eigenvalue weighted by Crippen LogP contribution is -2.23. The summed E-state index contributed by atoms with van der Waals surface area (Å²) in [5.74, 6) is 0.991. The van der Waals surface area contributed by atoms with Gasteiger partial charge in [-0.3, -0.25) is 4.98 Å². The molecule has 2 heterocycles. The first kappa shape index (κ1) is 15.3. The standard InChI is InChI=1S/C16H20N2O3/c1-3-12-11(6-8-21-15(12)4-2)9-18-14-10-17-7-5-13(14)16(19)20/h3-5,7,10-11,16,18-20H,1-2,6,8-9H2/t11-/m0/s1. The Labute approximate surface area is 124 Å². The van der Waals surface area contributed by atoms with E-state index >= 15 is 0 Å². The second-order valence-electron chi connectivity index (χ2n) is 4.78. The van der Waals surface area contributed by atoms with Gasteiger partial charge in [-0.05, 0) is 24.1 Å². The van der Waals surface area contributed by atoms with Crippen molar-refractivity contribution in [2.75, 3.05) is 18.5 Å². The second kappa shape index (κ2) is 7.06. The van der Waals surface area contributed by atoms with Gasteiger partial charge >= 0.3 is 0 Å². The van der Waals surface area contributed by atoms with Gasteiger partial charge in [-0.2, -0.15) is 0 Å². The van der Waals surface area contributed by atoms with Crippen LogP contribution < -0.4 is 5.32 Å². The Morgan fingerprint density at radius 1 is 1.43 bits per heavy atom. The van der Waals surface area contributed by atoms with Crippen LogP contribution in [0.1, 0.15) is 18.3 Å². The summed E-state index contributed by atoms with van der Waals surface area (Å²) >= 11 is 0. The third-order valence-electron chi connectivity index (χ3n) is 3.53. The van der Waals surface area contributed by atoms with Crippen LogP contribution in [-0.2, 0) is 4.74 Å². The molecule has 2 rings (SSSR count). The predicted molar refractivity (Wildman–Crippen MR) is 81.4 cm³/mol. The Balaban J connectivity index is 2.13. The zero-order valence-corrected chi connectivity index (χ0v) is 11.8. The molecule has 5 nitrogen and oxygen atoms in total. The molecule has 0 amide bonds. The van der Waals surface area contributed by atoms with E-state index in [1.54, 1.807) is 24.4 Å². The number of hydrogen-bond donors (Lipinski definition) is 3. The van der Waals surface area contributed by atoms with Gasteiger partial charge in [0.05, 0.1) is 18.5 Å². The average molecular weight is 288 g/mol. The third-order valence-corrected chi connectivity index (χ3v) is 3.53. The topological polar surface area (TPSA) is 74.6 Å². The Hall–Kier alpha value is -2.11. The summed E-state index contributed by atoms with van der Waals surface area (Å²) in [7, 11) is 0. The molecule has 0 bridgehead atoms. The Morgan fingerprint density at radius 2 is 2.24 bits per heavy atom. The van der Waals surface area contributed by atoms with Crippen LogP contribution in [0, 0.1) is 5.92 Å². The van der Waals surface area contributed by atoms with E-state index in [1.165, 1.54) is 6.20 Å². The number of nitrogens with one attached hydrogen (secondary N) is 1. The summed E-state index contributed by atoms with van der Waals surface area (Å²) in [4.78, 5) is 4.00. The second-order valence-corrected chi connectivity index (χ2v) is 4.78. The van der Waals surface area contributed by atoms with Gasteiger partial charge in [0.25, 0.3) is 0 Å². The molecule has 0 aromatic carbocycles. The summed E-state index contributed by atoms with van der Waals surface area (Å²) in [6, 6.07) is 1.58. The molecule has 0 fully saturated rings. The van der Waals surface area contributed by atoms with E-state index in [2.05, 4.69) is 23.5 Å². The maximum absolute atomic E-state index is 9.35. The number of aliphatic hydroxyl groups is 2. The fourth-order valence-corrected chi connectivity index (χ4v) is 2.42. The van der Waals surface area contributed by atoms with E-state index in [1.807, 2.05) is 0 Å². The van der Waals surface area contributed by atoms with Crippen LogP contribution in [0.15, 0.2) is 55.1 Å². The summed E-state index contributed by atoms with van der Waals surface area (Å²) in [5, 5.41) is 21.9. The molecule has 1 atom stereocenters. The molecule has 3 N–H and O–H groups in total. The molecule has 1 aliphatic heterocycles. The van der Waals surface area contributed by atoms with Crippen molar-refractivity contribution in [3.05, 3.63) is 60.7 Å². The summed E-state index contributed by atoms with van der Waals surface area (Å²) in [5.41, 5.74) is 2.03. The van der Waals surface area contributed by atoms with E-state index in [-0.39, 0.29) is 5.92 Å². The first-order chi connectivity index (χ1) is 10.2. The van der Waals surface area contributed by atoms with Gasteiger partial charge in [0, 0.05) is 24.2 Å². The molecule has 1 aromatic rings. The fraction of sp³-hybridized carbons (Fsp3) is 0.312. The summed E-state index contributed by atoms with van der Waals surface area (Å²) < 4.78 is 5.55. The molecular weight excluding hydrogens is 268 g/mol. The third kappa shape index (κ3) is 3.51. The van der Waals surface area contributed by atoms with Crippen LogP contribution >= 0.6 is 0 Å². The average Bonchev–Trinajstić information content (AvgIpc) is 2.52. The molecule has 21 heavy (non-hydrogen) atoms. The molecule has 0 saturated carbocycles. The van der Waals surface area contributed by atoms with E-state index in [0.717, 1.165) is 17.8 Å². The minimum atomic E-state index is -1.52. The van der Waals surface area contributed by atoms with Gasteiger partial charge in [0.15, 0.2) is 6.29 Å². The SMILES string of the molecule is C=CC1=C(C=C)[C@H](CNc2cnccc2C(O)O)CCO1. The molecule has 0 spiro atoms. The maximum Gasteiger partial charge on any atom is 0.180 e. The van der Waals surface area contributed by atoms with Gasteiger partial charge in [-0.1, -0.05) is 19.2 Å². The molecule has 0 radical (unpaired) electrons. The Bertz CT molecular complexity index is 552. The van der Waals surface area contributed by atoms with Crippen molar-refractivity contribution >= 4 is 5.69 Å². The Morgan fingerprint density at radius 3 is 2.90 bits per heavy atom. The lowest BCUT2D eigenvalue weighted by molar-refractivity contribution is -0.0419. The number of ether oxygens (including phenoxy) is 1. The number of nitrogens with zero attached hydrogens (tertiary/aromatic N) is 1. The van der Waals surface area contributed by atoms with Crippen molar-refractivity contribution in [2.24, 2.45) is 5.92 Å². The van der Waals surface area contributed by atoms with E-state index in [9.17, 15) is 10.2 Å². The van der Waals surface area contributed by atoms with Crippen LogP contribution in [0.2, 0.25) is 0 Å². The van der Waals surface area contributed by atoms with Gasteiger partial charge in [0.2, 0.25) is 0 Å². The minimum Gasteiger partial charge on any atom is -0.493 e. The van der Waals surface area contributed by atoms with Crippen LogP contribution in [0.5, 0.6) is 0 Å². The lowest BCUT2D eigenvalue weighted by atomic mass is 9.92. The van der Waals surface area contributed by atoms with Crippen molar-refractivity contribution in [1.29, 1.82) is 0 Å². The number of anilines is 1. The van der Waals surface area contributed by atoms with Crippen molar-refractivity contribution in [3.63, 3.8) is 0 Å². The van der Waals surface area contributed by atoms with Crippen LogP contribution in [0.3, 0.4) is 0 Å². The molecule has 0 unspecified atom stereocenters. The summed E-state index contributed by atoms with van der Waals surface area (Å²) in [6.45, 7) is 8.84. The number of allylic oxidation sites excluding steroid dienone is 2. The maximum atomic E-state index is 9.35. The zero-order valence-electron chi connectivity index (χ0n) is 11.8. The van der Waals surface area contributed by atoms with Crippen molar-refractivity contribution < 1.29 is 14.9 Å². The quantitative estimate of drug-likeness (QED) is 0.699. The predicted octanol–water partition coefficient (Wildman–Crippen LogP) is 2.14. The first-order valence-electron chi connectivity index (χ1n) is 6.83. The van der Waals surface area contributed by atoms with Crippen LogP contribution in [-0.4, -0.2) is 28.3 Å². The largest absolute Gasteiger partial charge is 0.493 e. The highest BCUT2D eigenvalue weighted by Crippen LogP contribution is 2.28. The molecule has 0 aliphatic carbocycles. The monoisotopic (exact) mass is 288 g/mol. The first-order valence-corrected chi connectivity index (χ1v) is 6.83. The minimum absolute atomic E-state index is 0.230. The Kier molecular flexibility index (Phi) is 5.14. The number of rotatable bonds is 6. The number of aliphatic hydroxyl groups excluding tert-OH is 1. The van der Waals surface area contributed by atoms with Gasteiger partial charge in [-0.25, -0.2) is 0 Å². The van der Waals surface area contributed by atoms with Gasteiger partial charge < -0.3 is 20.3 Å². The van der Waals surface area contributed by atoms with E-state index in [0.29, 0.717) is 24.4 Å². The highest BCUT2D eigenvalue weighted by Gasteiger charge is 2.21. The fourth-order valence-electron chi connectivity index (χ4n) is 2.42. The number of pyridine rings is 1. The molecule has 5 heteroatoms. The molecule has 1 aliphatic rings. The van der Waals surface area contributed by atoms with Crippen LogP contribution in [0.4, 0.5) is 5.69 Å². The lowest BCUT2D eigenvalue weighted by Gasteiger charge is -2.27. The van der Waals surface area contributed by atoms with Crippen molar-refractivity contribution in [3.8, 4) is 0 Å². The van der Waals surface area contributed by atoms with Crippen LogP contribution in [0.25, 0.3) is 0 Å². The normalized spacial score (nSPS) is 18.3. The smallest absolute Gasteiger partial charge is 0.180 e. The highest BCUT2D eigenvalue weighted by atomic mass is 16.5. The molecule has 1 aromatic heterocycles. The number of hydrogen-bond acceptors (Lipinski definition) is 5. The molecular formula is C16H20N2O3. The molecule has 0 saturated heterocycles. The summed E-state index contributed by atoms with van der Waals surface area (Å²) in [6.07, 6.45) is 5.93. The van der Waals surface area contributed by atoms with Crippen molar-refractivity contribution in [1.82, 2.24) is 4.98 Å². The molecule has 112 valence electrons. The van der Waals surface area contributed by atoms with Gasteiger partial charge in [0.1, 0.15) is 5.76 Å². The van der Waals surface area contributed by atoms with Gasteiger partial charge in [-0.15, -0.1) is 0 Å². The van der Waals surface area contributed by atoms with Crippen molar-refractivity contribution in [2.45, 2.75) is 12.7 Å². The van der Waals surface area contributed by atoms with E-state index in [4.69, 9.17) is 4.74 Å². The highest BCUT2D eigenvalue weighted by molar-refractivity contribution is 5.50. The number of aromatic nitrogens is 1. The zero-order chi connectivity index (χ0) is 15.2. The van der Waals surface area contributed by atoms with E-state index < -0.39 is 6.29 Å².